The van der Waals surface area contributed by atoms with E-state index in [0.717, 1.165) is 18.7 Å². The third-order valence-corrected chi connectivity index (χ3v) is 5.17. The number of likely N-dealkylation sites (tertiary alicyclic amines) is 1. The summed E-state index contributed by atoms with van der Waals surface area (Å²) in [5.74, 6) is 1.62. The normalized spacial score (nSPS) is 23.9. The number of amides is 1. The van der Waals surface area contributed by atoms with Crippen LogP contribution in [-0.4, -0.2) is 35.2 Å². The first-order chi connectivity index (χ1) is 9.61. The standard InChI is InChI=1S/C16H24N2OS/c1-12-8-15(9-17)10-18(12)16(19)13(2)20-11-14-6-4-3-5-7-14/h3-7,12-13,15H,8-11,17H2,1-2H3. The lowest BCUT2D eigenvalue weighted by atomic mass is 10.1. The van der Waals surface area contributed by atoms with E-state index in [1.54, 1.807) is 11.8 Å². The van der Waals surface area contributed by atoms with Crippen molar-refractivity contribution in [2.75, 3.05) is 13.1 Å². The summed E-state index contributed by atoms with van der Waals surface area (Å²) in [6, 6.07) is 10.6. The van der Waals surface area contributed by atoms with Crippen molar-refractivity contribution in [3.05, 3.63) is 35.9 Å². The molecule has 1 amide bonds. The van der Waals surface area contributed by atoms with Gasteiger partial charge in [0, 0.05) is 18.3 Å². The highest BCUT2D eigenvalue weighted by Gasteiger charge is 2.33. The van der Waals surface area contributed by atoms with Crippen LogP contribution in [0.2, 0.25) is 0 Å². The van der Waals surface area contributed by atoms with Gasteiger partial charge in [-0.25, -0.2) is 0 Å². The van der Waals surface area contributed by atoms with Crippen molar-refractivity contribution in [3.8, 4) is 0 Å². The van der Waals surface area contributed by atoms with Gasteiger partial charge in [-0.05, 0) is 38.3 Å². The SMILES string of the molecule is CC(SCc1ccccc1)C(=O)N1CC(CN)CC1C. The van der Waals surface area contributed by atoms with Crippen LogP contribution < -0.4 is 5.73 Å². The molecular formula is C16H24N2OS. The van der Waals surface area contributed by atoms with E-state index in [2.05, 4.69) is 19.1 Å². The molecule has 1 aromatic carbocycles. The van der Waals surface area contributed by atoms with Gasteiger partial charge < -0.3 is 10.6 Å². The van der Waals surface area contributed by atoms with Crippen LogP contribution in [0.5, 0.6) is 0 Å². The molecule has 1 heterocycles. The van der Waals surface area contributed by atoms with Gasteiger partial charge in [0.2, 0.25) is 5.91 Å². The number of thioether (sulfide) groups is 1. The zero-order chi connectivity index (χ0) is 14.5. The molecule has 0 aliphatic carbocycles. The van der Waals surface area contributed by atoms with Crippen molar-refractivity contribution >= 4 is 17.7 Å². The maximum atomic E-state index is 12.5. The Labute approximate surface area is 125 Å². The number of rotatable bonds is 5. The average molecular weight is 292 g/mol. The summed E-state index contributed by atoms with van der Waals surface area (Å²) < 4.78 is 0. The van der Waals surface area contributed by atoms with Crippen LogP contribution in [0.1, 0.15) is 25.8 Å². The molecule has 3 unspecified atom stereocenters. The summed E-state index contributed by atoms with van der Waals surface area (Å²) in [6.45, 7) is 5.65. The minimum Gasteiger partial charge on any atom is -0.339 e. The highest BCUT2D eigenvalue weighted by atomic mass is 32.2. The van der Waals surface area contributed by atoms with Gasteiger partial charge in [-0.15, -0.1) is 11.8 Å². The molecule has 20 heavy (non-hydrogen) atoms. The van der Waals surface area contributed by atoms with E-state index in [-0.39, 0.29) is 11.2 Å². The number of hydrogen-bond donors (Lipinski definition) is 1. The number of benzene rings is 1. The Morgan fingerprint density at radius 2 is 2.15 bits per heavy atom. The van der Waals surface area contributed by atoms with Gasteiger partial charge >= 0.3 is 0 Å². The zero-order valence-electron chi connectivity index (χ0n) is 12.3. The van der Waals surface area contributed by atoms with E-state index in [0.29, 0.717) is 18.5 Å². The molecule has 2 N–H and O–H groups in total. The fourth-order valence-electron chi connectivity index (χ4n) is 2.72. The third kappa shape index (κ3) is 3.76. The number of hydrogen-bond acceptors (Lipinski definition) is 3. The minimum atomic E-state index is 0.00850. The molecule has 0 saturated carbocycles. The summed E-state index contributed by atoms with van der Waals surface area (Å²) in [4.78, 5) is 14.5. The van der Waals surface area contributed by atoms with Crippen LogP contribution in [0, 0.1) is 5.92 Å². The number of carbonyl (C=O) groups excluding carboxylic acids is 1. The molecule has 0 radical (unpaired) electrons. The molecule has 110 valence electrons. The second-order valence-corrected chi connectivity index (χ2v) is 6.94. The number of carbonyl (C=O) groups is 1. The van der Waals surface area contributed by atoms with Crippen LogP contribution >= 0.6 is 11.8 Å². The lowest BCUT2D eigenvalue weighted by molar-refractivity contribution is -0.130. The van der Waals surface area contributed by atoms with E-state index in [4.69, 9.17) is 5.73 Å². The van der Waals surface area contributed by atoms with E-state index >= 15 is 0 Å². The smallest absolute Gasteiger partial charge is 0.235 e. The second kappa shape index (κ2) is 7.14. The van der Waals surface area contributed by atoms with Crippen LogP contribution in [0.25, 0.3) is 0 Å². The van der Waals surface area contributed by atoms with Crippen LogP contribution in [0.4, 0.5) is 0 Å². The van der Waals surface area contributed by atoms with Gasteiger partial charge in [0.15, 0.2) is 0 Å². The molecule has 4 heteroatoms. The monoisotopic (exact) mass is 292 g/mol. The average Bonchev–Trinajstić information content (AvgIpc) is 2.86. The third-order valence-electron chi connectivity index (χ3n) is 3.97. The molecule has 0 spiro atoms. The fraction of sp³-hybridized carbons (Fsp3) is 0.562. The van der Waals surface area contributed by atoms with Crippen molar-refractivity contribution < 1.29 is 4.79 Å². The van der Waals surface area contributed by atoms with Gasteiger partial charge in [-0.2, -0.15) is 0 Å². The molecule has 0 bridgehead atoms. The largest absolute Gasteiger partial charge is 0.339 e. The van der Waals surface area contributed by atoms with E-state index in [9.17, 15) is 4.79 Å². The van der Waals surface area contributed by atoms with Crippen molar-refractivity contribution in [1.29, 1.82) is 0 Å². The Morgan fingerprint density at radius 3 is 2.75 bits per heavy atom. The predicted molar refractivity (Wildman–Crippen MR) is 85.5 cm³/mol. The van der Waals surface area contributed by atoms with Crippen molar-refractivity contribution in [3.63, 3.8) is 0 Å². The van der Waals surface area contributed by atoms with E-state index in [1.807, 2.05) is 30.0 Å². The first-order valence-corrected chi connectivity index (χ1v) is 8.32. The summed E-state index contributed by atoms with van der Waals surface area (Å²) in [5.41, 5.74) is 7.00. The zero-order valence-corrected chi connectivity index (χ0v) is 13.1. The van der Waals surface area contributed by atoms with Gasteiger partial charge in [0.05, 0.1) is 5.25 Å². The first-order valence-electron chi connectivity index (χ1n) is 7.28. The van der Waals surface area contributed by atoms with E-state index in [1.165, 1.54) is 5.56 Å². The highest BCUT2D eigenvalue weighted by molar-refractivity contribution is 7.99. The van der Waals surface area contributed by atoms with Gasteiger partial charge in [0.1, 0.15) is 0 Å². The molecule has 1 aliphatic heterocycles. The van der Waals surface area contributed by atoms with Gasteiger partial charge in [-0.3, -0.25) is 4.79 Å². The van der Waals surface area contributed by atoms with Gasteiger partial charge in [0.25, 0.3) is 0 Å². The predicted octanol–water partition coefficient (Wildman–Crippen LogP) is 2.50. The van der Waals surface area contributed by atoms with Crippen molar-refractivity contribution in [2.45, 2.75) is 37.3 Å². The Kier molecular flexibility index (Phi) is 5.49. The molecule has 1 saturated heterocycles. The summed E-state index contributed by atoms with van der Waals surface area (Å²) in [7, 11) is 0. The minimum absolute atomic E-state index is 0.00850. The number of nitrogens with two attached hydrogens (primary N) is 1. The number of nitrogens with zero attached hydrogens (tertiary/aromatic N) is 1. The summed E-state index contributed by atoms with van der Waals surface area (Å²) >= 11 is 1.71. The van der Waals surface area contributed by atoms with Crippen LogP contribution in [0.15, 0.2) is 30.3 Å². The van der Waals surface area contributed by atoms with Gasteiger partial charge in [-0.1, -0.05) is 30.3 Å². The van der Waals surface area contributed by atoms with Crippen molar-refractivity contribution in [2.24, 2.45) is 11.7 Å². The van der Waals surface area contributed by atoms with Crippen LogP contribution in [-0.2, 0) is 10.5 Å². The quantitative estimate of drug-likeness (QED) is 0.907. The highest BCUT2D eigenvalue weighted by Crippen LogP contribution is 2.26. The lowest BCUT2D eigenvalue weighted by Crippen LogP contribution is -2.39. The maximum Gasteiger partial charge on any atom is 0.235 e. The Morgan fingerprint density at radius 1 is 1.45 bits per heavy atom. The maximum absolute atomic E-state index is 12.5. The molecule has 2 rings (SSSR count). The van der Waals surface area contributed by atoms with Crippen molar-refractivity contribution in [1.82, 2.24) is 4.90 Å². The Bertz CT molecular complexity index is 437. The molecule has 1 fully saturated rings. The Hall–Kier alpha value is -1.00. The Balaban J connectivity index is 1.86. The second-order valence-electron chi connectivity index (χ2n) is 5.62. The first kappa shape index (κ1) is 15.4. The topological polar surface area (TPSA) is 46.3 Å². The lowest BCUT2D eigenvalue weighted by Gasteiger charge is -2.25. The molecule has 3 nitrogen and oxygen atoms in total. The fourth-order valence-corrected chi connectivity index (χ4v) is 3.63. The molecular weight excluding hydrogens is 268 g/mol. The summed E-state index contributed by atoms with van der Waals surface area (Å²) in [5, 5.41) is 0.00850. The molecule has 0 aromatic heterocycles. The molecule has 3 atom stereocenters. The molecule has 1 aromatic rings. The van der Waals surface area contributed by atoms with Crippen LogP contribution in [0.3, 0.4) is 0 Å². The molecule has 1 aliphatic rings. The van der Waals surface area contributed by atoms with E-state index < -0.39 is 0 Å². The summed E-state index contributed by atoms with van der Waals surface area (Å²) in [6.07, 6.45) is 1.04.